The van der Waals surface area contributed by atoms with Crippen LogP contribution in [0, 0.1) is 0 Å². The summed E-state index contributed by atoms with van der Waals surface area (Å²) in [5, 5.41) is 13.1. The third-order valence-electron chi connectivity index (χ3n) is 4.62. The topological polar surface area (TPSA) is 99.0 Å². The number of nitrogens with one attached hydrogen (secondary N) is 1. The highest BCUT2D eigenvalue weighted by molar-refractivity contribution is 7.98. The Morgan fingerprint density at radius 2 is 2.23 bits per heavy atom. The molecule has 26 heavy (non-hydrogen) atoms. The van der Waals surface area contributed by atoms with Crippen LogP contribution in [0.3, 0.4) is 0 Å². The lowest BCUT2D eigenvalue weighted by molar-refractivity contribution is 0.0970. The van der Waals surface area contributed by atoms with Crippen LogP contribution in [0.2, 0.25) is 0 Å². The van der Waals surface area contributed by atoms with E-state index in [9.17, 15) is 4.79 Å². The maximum Gasteiger partial charge on any atom is 0.284 e. The van der Waals surface area contributed by atoms with Crippen LogP contribution >= 0.6 is 11.8 Å². The van der Waals surface area contributed by atoms with E-state index in [0.29, 0.717) is 11.7 Å². The van der Waals surface area contributed by atoms with Crippen LogP contribution in [0.25, 0.3) is 0 Å². The van der Waals surface area contributed by atoms with Gasteiger partial charge in [0.1, 0.15) is 11.6 Å². The van der Waals surface area contributed by atoms with Crippen LogP contribution < -0.4 is 11.1 Å². The predicted octanol–water partition coefficient (Wildman–Crippen LogP) is 2.56. The number of nitrogens with two attached hydrogens (primary N) is 1. The number of rotatable bonds is 5. The number of nitrogens with zero attached hydrogens (tertiary/aromatic N) is 3. The summed E-state index contributed by atoms with van der Waals surface area (Å²) in [7, 11) is 2.02. The van der Waals surface area contributed by atoms with Crippen molar-refractivity contribution < 1.29 is 9.21 Å². The van der Waals surface area contributed by atoms with Gasteiger partial charge < -0.3 is 20.0 Å². The molecule has 0 spiro atoms. The summed E-state index contributed by atoms with van der Waals surface area (Å²) < 4.78 is 7.80. The Bertz CT molecular complexity index is 784. The lowest BCUT2D eigenvalue weighted by atomic mass is 9.91. The van der Waals surface area contributed by atoms with Crippen LogP contribution in [-0.2, 0) is 18.2 Å². The molecular formula is C18H27N5O2S. The molecule has 1 fully saturated rings. The second-order valence-electron chi connectivity index (χ2n) is 7.81. The molecule has 0 aromatic carbocycles. The number of hydrogen-bond acceptors (Lipinski definition) is 6. The second-order valence-corrected chi connectivity index (χ2v) is 8.75. The minimum Gasteiger partial charge on any atom is -0.455 e. The molecule has 0 aliphatic carbocycles. The van der Waals surface area contributed by atoms with Crippen LogP contribution in [0.5, 0.6) is 0 Å². The van der Waals surface area contributed by atoms with Crippen LogP contribution in [-0.4, -0.2) is 33.8 Å². The summed E-state index contributed by atoms with van der Waals surface area (Å²) in [5.41, 5.74) is 6.15. The van der Waals surface area contributed by atoms with Gasteiger partial charge in [-0.3, -0.25) is 4.79 Å². The van der Waals surface area contributed by atoms with Gasteiger partial charge in [0.25, 0.3) is 5.91 Å². The van der Waals surface area contributed by atoms with Crippen molar-refractivity contribution in [1.82, 2.24) is 20.1 Å². The molecule has 0 saturated carbocycles. The number of carbonyl (C=O) groups is 1. The third-order valence-corrected chi connectivity index (χ3v) is 5.69. The lowest BCUT2D eigenvalue weighted by Crippen LogP contribution is -2.29. The fourth-order valence-electron chi connectivity index (χ4n) is 3.31. The Kier molecular flexibility index (Phi) is 5.43. The highest BCUT2D eigenvalue weighted by Gasteiger charge is 2.26. The van der Waals surface area contributed by atoms with Crippen molar-refractivity contribution in [3.05, 3.63) is 29.0 Å². The first kappa shape index (κ1) is 19.0. The Balaban J connectivity index is 1.77. The molecule has 3 heterocycles. The number of furan rings is 1. The number of amides is 1. The Hall–Kier alpha value is -1.80. The smallest absolute Gasteiger partial charge is 0.284 e. The van der Waals surface area contributed by atoms with Crippen molar-refractivity contribution in [2.75, 3.05) is 13.1 Å². The van der Waals surface area contributed by atoms with Gasteiger partial charge in [0.2, 0.25) is 0 Å². The van der Waals surface area contributed by atoms with Crippen molar-refractivity contribution in [2.45, 2.75) is 55.9 Å². The summed E-state index contributed by atoms with van der Waals surface area (Å²) in [6.45, 7) is 8.20. The minimum atomic E-state index is -0.544. The third kappa shape index (κ3) is 3.96. The SMILES string of the molecule is Cn1c(SCc2cc(C(N)=O)oc2C(C)(C)C)nnc1C1CCCNC1. The molecule has 1 saturated heterocycles. The number of carbonyl (C=O) groups excluding carboxylic acids is 1. The molecule has 142 valence electrons. The quantitative estimate of drug-likeness (QED) is 0.777. The molecule has 1 aliphatic heterocycles. The first-order valence-corrected chi connectivity index (χ1v) is 9.91. The average molecular weight is 378 g/mol. The van der Waals surface area contributed by atoms with Crippen molar-refractivity contribution in [1.29, 1.82) is 0 Å². The number of aromatic nitrogens is 3. The number of hydrogen-bond donors (Lipinski definition) is 2. The van der Waals surface area contributed by atoms with E-state index in [1.165, 1.54) is 6.42 Å². The maximum absolute atomic E-state index is 11.5. The van der Waals surface area contributed by atoms with E-state index in [2.05, 4.69) is 40.9 Å². The molecule has 2 aromatic rings. The van der Waals surface area contributed by atoms with Gasteiger partial charge in [0.05, 0.1) is 0 Å². The molecule has 1 unspecified atom stereocenters. The average Bonchev–Trinajstić information content (AvgIpc) is 3.17. The van der Waals surface area contributed by atoms with Crippen LogP contribution in [0.1, 0.15) is 67.2 Å². The molecular weight excluding hydrogens is 350 g/mol. The Morgan fingerprint density at radius 1 is 1.46 bits per heavy atom. The largest absolute Gasteiger partial charge is 0.455 e. The Morgan fingerprint density at radius 3 is 2.85 bits per heavy atom. The predicted molar refractivity (Wildman–Crippen MR) is 101 cm³/mol. The van der Waals surface area contributed by atoms with Crippen molar-refractivity contribution in [2.24, 2.45) is 12.8 Å². The summed E-state index contributed by atoms with van der Waals surface area (Å²) in [6, 6.07) is 1.75. The highest BCUT2D eigenvalue weighted by atomic mass is 32.2. The van der Waals surface area contributed by atoms with Gasteiger partial charge in [-0.1, -0.05) is 32.5 Å². The summed E-state index contributed by atoms with van der Waals surface area (Å²) >= 11 is 1.60. The molecule has 8 heteroatoms. The van der Waals surface area contributed by atoms with Gasteiger partial charge in [0.15, 0.2) is 10.9 Å². The molecule has 0 bridgehead atoms. The molecule has 1 amide bonds. The number of thioether (sulfide) groups is 1. The second kappa shape index (κ2) is 7.44. The van der Waals surface area contributed by atoms with E-state index in [4.69, 9.17) is 10.2 Å². The minimum absolute atomic E-state index is 0.206. The van der Waals surface area contributed by atoms with Crippen molar-refractivity contribution >= 4 is 17.7 Å². The fourth-order valence-corrected chi connectivity index (χ4v) is 4.20. The normalized spacial score (nSPS) is 18.2. The van der Waals surface area contributed by atoms with Gasteiger partial charge in [-0.05, 0) is 25.5 Å². The monoisotopic (exact) mass is 377 g/mol. The molecule has 1 aliphatic rings. The molecule has 1 atom stereocenters. The van der Waals surface area contributed by atoms with Gasteiger partial charge >= 0.3 is 0 Å². The maximum atomic E-state index is 11.5. The van der Waals surface area contributed by atoms with Gasteiger partial charge in [0, 0.05) is 36.2 Å². The zero-order valence-corrected chi connectivity index (χ0v) is 16.7. The van der Waals surface area contributed by atoms with Gasteiger partial charge in [-0.2, -0.15) is 0 Å². The molecule has 0 radical (unpaired) electrons. The number of piperidine rings is 1. The van der Waals surface area contributed by atoms with Crippen LogP contribution in [0.15, 0.2) is 15.6 Å². The standard InChI is InChI=1S/C18H27N5O2S/c1-18(2,3)14-12(8-13(25-14)15(19)24)10-26-17-22-21-16(23(17)4)11-6-5-7-20-9-11/h8,11,20H,5-7,9-10H2,1-4H3,(H2,19,24). The highest BCUT2D eigenvalue weighted by Crippen LogP contribution is 2.33. The van der Waals surface area contributed by atoms with E-state index in [-0.39, 0.29) is 11.2 Å². The van der Waals surface area contributed by atoms with E-state index >= 15 is 0 Å². The number of primary amides is 1. The first-order valence-electron chi connectivity index (χ1n) is 8.93. The fraction of sp³-hybridized carbons (Fsp3) is 0.611. The van der Waals surface area contributed by atoms with Gasteiger partial charge in [-0.25, -0.2) is 0 Å². The summed E-state index contributed by atoms with van der Waals surface area (Å²) in [5.74, 6) is 2.54. The van der Waals surface area contributed by atoms with E-state index in [1.807, 2.05) is 7.05 Å². The van der Waals surface area contributed by atoms with Gasteiger partial charge in [-0.15, -0.1) is 10.2 Å². The molecule has 2 aromatic heterocycles. The van der Waals surface area contributed by atoms with E-state index < -0.39 is 5.91 Å². The molecule has 7 nitrogen and oxygen atoms in total. The van der Waals surface area contributed by atoms with Crippen LogP contribution in [0.4, 0.5) is 0 Å². The molecule has 3 N–H and O–H groups in total. The first-order chi connectivity index (χ1) is 12.3. The summed E-state index contributed by atoms with van der Waals surface area (Å²) in [4.78, 5) is 11.5. The van der Waals surface area contributed by atoms with Crippen molar-refractivity contribution in [3.8, 4) is 0 Å². The zero-order chi connectivity index (χ0) is 18.9. The lowest BCUT2D eigenvalue weighted by Gasteiger charge is -2.21. The molecule has 3 rings (SSSR count). The zero-order valence-electron chi connectivity index (χ0n) is 15.8. The Labute approximate surface area is 158 Å². The van der Waals surface area contributed by atoms with E-state index in [1.54, 1.807) is 17.8 Å². The van der Waals surface area contributed by atoms with Crippen molar-refractivity contribution in [3.63, 3.8) is 0 Å². The van der Waals surface area contributed by atoms with E-state index in [0.717, 1.165) is 41.8 Å². The summed E-state index contributed by atoms with van der Waals surface area (Å²) in [6.07, 6.45) is 2.31.